The summed E-state index contributed by atoms with van der Waals surface area (Å²) in [6.45, 7) is 1.97. The van der Waals surface area contributed by atoms with Crippen molar-refractivity contribution >= 4 is 17.7 Å². The molecule has 8 nitrogen and oxygen atoms in total. The topological polar surface area (TPSA) is 90.7 Å². The molecule has 0 radical (unpaired) electrons. The summed E-state index contributed by atoms with van der Waals surface area (Å²) in [7, 11) is 0. The maximum Gasteiger partial charge on any atom is 0.573 e. The van der Waals surface area contributed by atoms with E-state index < -0.39 is 41.9 Å². The molecule has 0 N–H and O–H groups in total. The molecule has 4 rings (SSSR count). The summed E-state index contributed by atoms with van der Waals surface area (Å²) in [6.07, 6.45) is -0.913. The molecular formula is C26H24F3N3O5. The van der Waals surface area contributed by atoms with E-state index in [2.05, 4.69) is 9.84 Å². The number of hydrogen-bond donors (Lipinski definition) is 0. The van der Waals surface area contributed by atoms with Crippen LogP contribution >= 0.6 is 0 Å². The van der Waals surface area contributed by atoms with Crippen molar-refractivity contribution in [3.05, 3.63) is 83.7 Å². The molecular weight excluding hydrogens is 491 g/mol. The predicted molar refractivity (Wildman–Crippen MR) is 125 cm³/mol. The first-order valence-corrected chi connectivity index (χ1v) is 11.6. The summed E-state index contributed by atoms with van der Waals surface area (Å²) < 4.78 is 48.0. The van der Waals surface area contributed by atoms with Crippen molar-refractivity contribution in [3.63, 3.8) is 0 Å². The van der Waals surface area contributed by atoms with E-state index in [1.165, 1.54) is 12.4 Å². The summed E-state index contributed by atoms with van der Waals surface area (Å²) in [5, 5.41) is 4.22. The average molecular weight is 515 g/mol. The molecule has 1 amide bonds. The third-order valence-corrected chi connectivity index (χ3v) is 5.65. The van der Waals surface area contributed by atoms with Gasteiger partial charge >= 0.3 is 12.3 Å². The number of hydrogen-bond acceptors (Lipinski definition) is 6. The first-order chi connectivity index (χ1) is 17.7. The third kappa shape index (κ3) is 6.54. The van der Waals surface area contributed by atoms with Crippen LogP contribution < -0.4 is 4.74 Å². The average Bonchev–Trinajstić information content (AvgIpc) is 3.59. The Morgan fingerprint density at radius 3 is 2.32 bits per heavy atom. The number of rotatable bonds is 10. The predicted octanol–water partition coefficient (Wildman–Crippen LogP) is 4.25. The fourth-order valence-corrected chi connectivity index (χ4v) is 3.87. The van der Waals surface area contributed by atoms with Crippen LogP contribution in [-0.2, 0) is 16.1 Å². The zero-order valence-corrected chi connectivity index (χ0v) is 19.9. The maximum absolute atomic E-state index is 13.6. The van der Waals surface area contributed by atoms with Crippen molar-refractivity contribution < 1.29 is 37.0 Å². The lowest BCUT2D eigenvalue weighted by atomic mass is 10.0. The number of esters is 1. The molecule has 1 fully saturated rings. The fourth-order valence-electron chi connectivity index (χ4n) is 3.87. The SMILES string of the molecule is CCOC(=O)C(C(=O)c1cnn(Cc2ccccc2)c1)N(C(=O)c1ccc(OC(F)(F)F)cc1)C1CC1. The number of carbonyl (C=O) groups excluding carboxylic acids is 3. The van der Waals surface area contributed by atoms with Crippen molar-refractivity contribution in [1.82, 2.24) is 14.7 Å². The van der Waals surface area contributed by atoms with Crippen molar-refractivity contribution in [2.45, 2.75) is 44.8 Å². The summed E-state index contributed by atoms with van der Waals surface area (Å²) >= 11 is 0. The molecule has 1 aliphatic carbocycles. The molecule has 3 aromatic rings. The third-order valence-electron chi connectivity index (χ3n) is 5.65. The van der Waals surface area contributed by atoms with E-state index in [0.29, 0.717) is 19.4 Å². The highest BCUT2D eigenvalue weighted by Crippen LogP contribution is 2.32. The zero-order chi connectivity index (χ0) is 26.6. The van der Waals surface area contributed by atoms with Crippen LogP contribution in [0.1, 0.15) is 46.0 Å². The van der Waals surface area contributed by atoms with Gasteiger partial charge in [-0.1, -0.05) is 30.3 Å². The van der Waals surface area contributed by atoms with Gasteiger partial charge in [0.15, 0.2) is 11.8 Å². The van der Waals surface area contributed by atoms with Gasteiger partial charge in [0.1, 0.15) is 5.75 Å². The Bertz CT molecular complexity index is 1250. The van der Waals surface area contributed by atoms with E-state index in [1.54, 1.807) is 11.6 Å². The Kier molecular flexibility index (Phi) is 7.61. The number of halogens is 3. The van der Waals surface area contributed by atoms with Crippen molar-refractivity contribution in [3.8, 4) is 5.75 Å². The van der Waals surface area contributed by atoms with Crippen LogP contribution in [-0.4, -0.2) is 57.4 Å². The number of ketones is 1. The highest BCUT2D eigenvalue weighted by molar-refractivity contribution is 6.14. The molecule has 0 bridgehead atoms. The molecule has 194 valence electrons. The molecule has 0 spiro atoms. The van der Waals surface area contributed by atoms with Gasteiger partial charge in [-0.25, -0.2) is 4.79 Å². The van der Waals surface area contributed by atoms with E-state index >= 15 is 0 Å². The van der Waals surface area contributed by atoms with Crippen LogP contribution in [0.5, 0.6) is 5.75 Å². The molecule has 0 saturated heterocycles. The monoisotopic (exact) mass is 515 g/mol. The molecule has 1 heterocycles. The number of ether oxygens (including phenoxy) is 2. The summed E-state index contributed by atoms with van der Waals surface area (Å²) in [6, 6.07) is 11.8. The number of carbonyl (C=O) groups is 3. The number of aromatic nitrogens is 2. The van der Waals surface area contributed by atoms with Gasteiger partial charge in [0, 0.05) is 17.8 Å². The molecule has 1 aliphatic rings. The Morgan fingerprint density at radius 1 is 1.05 bits per heavy atom. The van der Waals surface area contributed by atoms with Crippen LogP contribution in [0.25, 0.3) is 0 Å². The standard InChI is InChI=1S/C26H24F3N3O5/c1-2-36-25(35)22(23(33)19-14-30-31(16-19)15-17-6-4-3-5-7-17)32(20-10-11-20)24(34)18-8-12-21(13-9-18)37-26(27,28)29/h3-9,12-14,16,20,22H,2,10-11,15H2,1H3. The Labute approximate surface area is 210 Å². The first kappa shape index (κ1) is 25.9. The second-order valence-corrected chi connectivity index (χ2v) is 8.45. The van der Waals surface area contributed by atoms with Gasteiger partial charge in [-0.15, -0.1) is 13.2 Å². The minimum Gasteiger partial charge on any atom is -0.464 e. The van der Waals surface area contributed by atoms with Crippen LogP contribution in [0.4, 0.5) is 13.2 Å². The number of Topliss-reactive ketones (excluding diaryl/α,β-unsaturated/α-hetero) is 1. The fraction of sp³-hybridized carbons (Fsp3) is 0.308. The Balaban J connectivity index is 1.60. The van der Waals surface area contributed by atoms with E-state index in [0.717, 1.165) is 34.7 Å². The van der Waals surface area contributed by atoms with E-state index in [9.17, 15) is 27.6 Å². The van der Waals surface area contributed by atoms with E-state index in [1.807, 2.05) is 30.3 Å². The highest BCUT2D eigenvalue weighted by Gasteiger charge is 2.45. The smallest absolute Gasteiger partial charge is 0.464 e. The van der Waals surface area contributed by atoms with Crippen molar-refractivity contribution in [2.75, 3.05) is 6.61 Å². The van der Waals surface area contributed by atoms with Crippen LogP contribution in [0.15, 0.2) is 67.0 Å². The van der Waals surface area contributed by atoms with Gasteiger partial charge in [0.05, 0.1) is 24.9 Å². The van der Waals surface area contributed by atoms with Gasteiger partial charge in [0.2, 0.25) is 0 Å². The van der Waals surface area contributed by atoms with Gasteiger partial charge in [-0.3, -0.25) is 14.3 Å². The lowest BCUT2D eigenvalue weighted by Crippen LogP contribution is -2.51. The lowest BCUT2D eigenvalue weighted by Gasteiger charge is -2.29. The molecule has 1 saturated carbocycles. The summed E-state index contributed by atoms with van der Waals surface area (Å²) in [5.74, 6) is -2.72. The van der Waals surface area contributed by atoms with Gasteiger partial charge < -0.3 is 14.4 Å². The minimum absolute atomic E-state index is 0.00305. The summed E-state index contributed by atoms with van der Waals surface area (Å²) in [5.41, 5.74) is 1.09. The van der Waals surface area contributed by atoms with Gasteiger partial charge in [0.25, 0.3) is 5.91 Å². The maximum atomic E-state index is 13.6. The number of amides is 1. The van der Waals surface area contributed by atoms with Crippen LogP contribution in [0.2, 0.25) is 0 Å². The molecule has 37 heavy (non-hydrogen) atoms. The second-order valence-electron chi connectivity index (χ2n) is 8.45. The minimum atomic E-state index is -4.88. The Morgan fingerprint density at radius 2 is 1.73 bits per heavy atom. The molecule has 1 aromatic heterocycles. The zero-order valence-electron chi connectivity index (χ0n) is 19.9. The number of benzene rings is 2. The second kappa shape index (κ2) is 10.9. The van der Waals surface area contributed by atoms with E-state index in [-0.39, 0.29) is 17.7 Å². The summed E-state index contributed by atoms with van der Waals surface area (Å²) in [4.78, 5) is 41.1. The molecule has 11 heteroatoms. The van der Waals surface area contributed by atoms with Gasteiger partial charge in [-0.2, -0.15) is 5.10 Å². The largest absolute Gasteiger partial charge is 0.573 e. The number of alkyl halides is 3. The lowest BCUT2D eigenvalue weighted by molar-refractivity contribution is -0.274. The highest BCUT2D eigenvalue weighted by atomic mass is 19.4. The quantitative estimate of drug-likeness (QED) is 0.228. The molecule has 2 aromatic carbocycles. The van der Waals surface area contributed by atoms with Gasteiger partial charge in [-0.05, 0) is 49.6 Å². The van der Waals surface area contributed by atoms with Crippen LogP contribution in [0, 0.1) is 0 Å². The first-order valence-electron chi connectivity index (χ1n) is 11.6. The molecule has 0 aliphatic heterocycles. The molecule has 1 atom stereocenters. The Hall–Kier alpha value is -4.15. The van der Waals surface area contributed by atoms with Crippen molar-refractivity contribution in [2.24, 2.45) is 0 Å². The van der Waals surface area contributed by atoms with Crippen molar-refractivity contribution in [1.29, 1.82) is 0 Å². The normalized spacial score (nSPS) is 14.1. The molecule has 1 unspecified atom stereocenters. The van der Waals surface area contributed by atoms with Crippen LogP contribution in [0.3, 0.4) is 0 Å². The van der Waals surface area contributed by atoms with E-state index in [4.69, 9.17) is 4.74 Å². The number of nitrogens with zero attached hydrogens (tertiary/aromatic N) is 3.